The number of hydrogen-bond acceptors (Lipinski definition) is 3. The average Bonchev–Trinajstić information content (AvgIpc) is 3.16. The first-order valence-corrected chi connectivity index (χ1v) is 9.53. The number of nitriles is 1. The van der Waals surface area contributed by atoms with Crippen LogP contribution in [0.2, 0.25) is 0 Å². The molecule has 0 aromatic carbocycles. The van der Waals surface area contributed by atoms with Gasteiger partial charge in [0, 0.05) is 38.0 Å². The predicted molar refractivity (Wildman–Crippen MR) is 90.8 cm³/mol. The summed E-state index contributed by atoms with van der Waals surface area (Å²) >= 11 is 0. The van der Waals surface area contributed by atoms with Gasteiger partial charge in [0.25, 0.3) is 0 Å². The van der Waals surface area contributed by atoms with E-state index in [9.17, 15) is 14.9 Å². The summed E-state index contributed by atoms with van der Waals surface area (Å²) in [5, 5.41) is 9.26. The van der Waals surface area contributed by atoms with E-state index in [0.717, 1.165) is 64.5 Å². The van der Waals surface area contributed by atoms with Crippen molar-refractivity contribution in [1.29, 1.82) is 5.26 Å². The molecule has 5 heteroatoms. The molecule has 0 spiro atoms. The zero-order valence-corrected chi connectivity index (χ0v) is 14.8. The molecule has 2 heterocycles. The molecule has 132 valence electrons. The molecule has 2 atom stereocenters. The molecule has 0 bridgehead atoms. The average molecular weight is 331 g/mol. The summed E-state index contributed by atoms with van der Waals surface area (Å²) in [6.07, 6.45) is 7.47. The second-order valence-corrected chi connectivity index (χ2v) is 8.03. The predicted octanol–water partition coefficient (Wildman–Crippen LogP) is 2.57. The first-order chi connectivity index (χ1) is 11.5. The van der Waals surface area contributed by atoms with Crippen LogP contribution in [0.3, 0.4) is 0 Å². The van der Waals surface area contributed by atoms with Crippen molar-refractivity contribution in [3.8, 4) is 6.07 Å². The van der Waals surface area contributed by atoms with Crippen LogP contribution >= 0.6 is 0 Å². The van der Waals surface area contributed by atoms with Crippen molar-refractivity contribution in [1.82, 2.24) is 9.80 Å². The Labute approximate surface area is 145 Å². The van der Waals surface area contributed by atoms with Crippen LogP contribution < -0.4 is 0 Å². The van der Waals surface area contributed by atoms with Crippen molar-refractivity contribution in [2.24, 2.45) is 17.3 Å². The van der Waals surface area contributed by atoms with Gasteiger partial charge in [-0.15, -0.1) is 0 Å². The Hall–Kier alpha value is -1.57. The SMILES string of the molecule is CC1(C#N)CCN(C(=O)[C@H]2CCCC[C@H]2C(=O)N2CCCC2)CC1. The quantitative estimate of drug-likeness (QED) is 0.781. The van der Waals surface area contributed by atoms with Crippen LogP contribution in [0, 0.1) is 28.6 Å². The molecule has 0 N–H and O–H groups in total. The molecule has 0 unspecified atom stereocenters. The first-order valence-electron chi connectivity index (χ1n) is 9.53. The second kappa shape index (κ2) is 7.13. The molecule has 1 aliphatic carbocycles. The maximum atomic E-state index is 13.1. The van der Waals surface area contributed by atoms with E-state index in [0.29, 0.717) is 13.1 Å². The summed E-state index contributed by atoms with van der Waals surface area (Å²) in [6.45, 7) is 5.02. The third-order valence-electron chi connectivity index (χ3n) is 6.27. The summed E-state index contributed by atoms with van der Waals surface area (Å²) in [4.78, 5) is 29.8. The van der Waals surface area contributed by atoms with E-state index in [-0.39, 0.29) is 29.1 Å². The van der Waals surface area contributed by atoms with Crippen molar-refractivity contribution >= 4 is 11.8 Å². The lowest BCUT2D eigenvalue weighted by Gasteiger charge is -2.39. The molecular formula is C19H29N3O2. The highest BCUT2D eigenvalue weighted by Gasteiger charge is 2.41. The fraction of sp³-hybridized carbons (Fsp3) is 0.842. The molecule has 3 rings (SSSR count). The van der Waals surface area contributed by atoms with Crippen LogP contribution in [0.25, 0.3) is 0 Å². The third-order valence-corrected chi connectivity index (χ3v) is 6.27. The Morgan fingerprint density at radius 2 is 1.33 bits per heavy atom. The molecule has 5 nitrogen and oxygen atoms in total. The normalized spacial score (nSPS) is 30.0. The number of amides is 2. The Kier molecular flexibility index (Phi) is 5.12. The summed E-state index contributed by atoms with van der Waals surface area (Å²) in [7, 11) is 0. The van der Waals surface area contributed by atoms with E-state index in [4.69, 9.17) is 0 Å². The van der Waals surface area contributed by atoms with Crippen molar-refractivity contribution in [2.45, 2.75) is 58.3 Å². The number of carbonyl (C=O) groups excluding carboxylic acids is 2. The Morgan fingerprint density at radius 1 is 0.875 bits per heavy atom. The highest BCUT2D eigenvalue weighted by Crippen LogP contribution is 2.36. The van der Waals surface area contributed by atoms with Crippen LogP contribution in [0.1, 0.15) is 58.3 Å². The van der Waals surface area contributed by atoms with Gasteiger partial charge in [-0.3, -0.25) is 9.59 Å². The van der Waals surface area contributed by atoms with Gasteiger partial charge in [-0.1, -0.05) is 12.8 Å². The molecule has 0 radical (unpaired) electrons. The minimum atomic E-state index is -0.298. The molecule has 1 saturated carbocycles. The minimum absolute atomic E-state index is 0.117. The molecule has 0 aromatic heterocycles. The van der Waals surface area contributed by atoms with Crippen LogP contribution in [0.4, 0.5) is 0 Å². The zero-order valence-electron chi connectivity index (χ0n) is 14.8. The van der Waals surface area contributed by atoms with Gasteiger partial charge >= 0.3 is 0 Å². The maximum absolute atomic E-state index is 13.1. The van der Waals surface area contributed by atoms with Crippen LogP contribution in [-0.2, 0) is 9.59 Å². The lowest BCUT2D eigenvalue weighted by molar-refractivity contribution is -0.148. The van der Waals surface area contributed by atoms with E-state index in [1.54, 1.807) is 0 Å². The van der Waals surface area contributed by atoms with Gasteiger partial charge in [0.1, 0.15) is 0 Å². The standard InChI is InChI=1S/C19H29N3O2/c1-19(14-20)8-12-22(13-9-19)18(24)16-7-3-2-6-15(16)17(23)21-10-4-5-11-21/h15-16H,2-13H2,1H3/t15-,16+/m1/s1. The van der Waals surface area contributed by atoms with Gasteiger partial charge in [0.05, 0.1) is 11.5 Å². The number of rotatable bonds is 2. The molecule has 24 heavy (non-hydrogen) atoms. The lowest BCUT2D eigenvalue weighted by Crippen LogP contribution is -2.49. The highest BCUT2D eigenvalue weighted by atomic mass is 16.2. The Bertz CT molecular complexity index is 525. The Balaban J connectivity index is 1.66. The number of hydrogen-bond donors (Lipinski definition) is 0. The summed E-state index contributed by atoms with van der Waals surface area (Å²) in [6, 6.07) is 2.38. The smallest absolute Gasteiger partial charge is 0.226 e. The van der Waals surface area contributed by atoms with Gasteiger partial charge in [-0.25, -0.2) is 0 Å². The molecule has 0 aromatic rings. The maximum Gasteiger partial charge on any atom is 0.226 e. The van der Waals surface area contributed by atoms with Crippen LogP contribution in [0.5, 0.6) is 0 Å². The van der Waals surface area contributed by atoms with Gasteiger partial charge in [0.2, 0.25) is 11.8 Å². The number of likely N-dealkylation sites (tertiary alicyclic amines) is 2. The molecule has 2 amide bonds. The van der Waals surface area contributed by atoms with Gasteiger partial charge < -0.3 is 9.80 Å². The second-order valence-electron chi connectivity index (χ2n) is 8.03. The summed E-state index contributed by atoms with van der Waals surface area (Å²) in [5.41, 5.74) is -0.298. The molecule has 2 aliphatic heterocycles. The zero-order chi connectivity index (χ0) is 17.2. The van der Waals surface area contributed by atoms with Crippen molar-refractivity contribution in [3.63, 3.8) is 0 Å². The number of piperidine rings is 1. The topological polar surface area (TPSA) is 64.4 Å². The monoisotopic (exact) mass is 331 g/mol. The van der Waals surface area contributed by atoms with E-state index in [1.165, 1.54) is 0 Å². The Morgan fingerprint density at radius 3 is 1.79 bits per heavy atom. The molecule has 3 aliphatic rings. The molecule has 3 fully saturated rings. The lowest BCUT2D eigenvalue weighted by atomic mass is 9.76. The third kappa shape index (κ3) is 3.43. The minimum Gasteiger partial charge on any atom is -0.342 e. The van der Waals surface area contributed by atoms with Gasteiger partial charge in [-0.2, -0.15) is 5.26 Å². The van der Waals surface area contributed by atoms with Crippen LogP contribution in [0.15, 0.2) is 0 Å². The van der Waals surface area contributed by atoms with E-state index in [1.807, 2.05) is 16.7 Å². The van der Waals surface area contributed by atoms with Crippen molar-refractivity contribution < 1.29 is 9.59 Å². The number of nitrogens with zero attached hydrogens (tertiary/aromatic N) is 3. The number of carbonyl (C=O) groups is 2. The van der Waals surface area contributed by atoms with Gasteiger partial charge in [-0.05, 0) is 45.4 Å². The van der Waals surface area contributed by atoms with Gasteiger partial charge in [0.15, 0.2) is 0 Å². The first kappa shape index (κ1) is 17.3. The van der Waals surface area contributed by atoms with Crippen molar-refractivity contribution in [2.75, 3.05) is 26.2 Å². The fourth-order valence-corrected chi connectivity index (χ4v) is 4.46. The summed E-state index contributed by atoms with van der Waals surface area (Å²) in [5.74, 6) is 0.114. The highest BCUT2D eigenvalue weighted by molar-refractivity contribution is 5.88. The molecular weight excluding hydrogens is 302 g/mol. The van der Waals surface area contributed by atoms with Crippen LogP contribution in [-0.4, -0.2) is 47.8 Å². The molecule has 2 saturated heterocycles. The van der Waals surface area contributed by atoms with E-state index < -0.39 is 0 Å². The van der Waals surface area contributed by atoms with Crippen molar-refractivity contribution in [3.05, 3.63) is 0 Å². The van der Waals surface area contributed by atoms with E-state index in [2.05, 4.69) is 6.07 Å². The summed E-state index contributed by atoms with van der Waals surface area (Å²) < 4.78 is 0. The fourth-order valence-electron chi connectivity index (χ4n) is 4.46. The largest absolute Gasteiger partial charge is 0.342 e. The van der Waals surface area contributed by atoms with E-state index >= 15 is 0 Å².